The molecule has 0 saturated carbocycles. The van der Waals surface area contributed by atoms with Crippen molar-refractivity contribution in [3.05, 3.63) is 53.9 Å². The first-order chi connectivity index (χ1) is 7.16. The molecule has 1 nitrogen and oxygen atoms in total. The fourth-order valence-electron chi connectivity index (χ4n) is 1.40. The summed E-state index contributed by atoms with van der Waals surface area (Å²) >= 11 is 0. The lowest BCUT2D eigenvalue weighted by Gasteiger charge is -2.02. The molecule has 1 aromatic carbocycles. The average Bonchev–Trinajstić information content (AvgIpc) is 2.22. The van der Waals surface area contributed by atoms with Crippen LogP contribution in [-0.2, 0) is 0 Å². The van der Waals surface area contributed by atoms with Crippen molar-refractivity contribution in [1.82, 2.24) is 4.98 Å². The van der Waals surface area contributed by atoms with Gasteiger partial charge in [-0.25, -0.2) is 8.78 Å². The van der Waals surface area contributed by atoms with Crippen LogP contribution in [0.5, 0.6) is 0 Å². The molecular formula is C12H9F2N. The zero-order chi connectivity index (χ0) is 10.8. The third-order valence-corrected chi connectivity index (χ3v) is 2.15. The molecule has 0 spiro atoms. The number of aromatic nitrogens is 1. The lowest BCUT2D eigenvalue weighted by Crippen LogP contribution is -1.87. The van der Waals surface area contributed by atoms with Gasteiger partial charge in [-0.1, -0.05) is 6.07 Å². The number of rotatable bonds is 1. The zero-order valence-electron chi connectivity index (χ0n) is 8.17. The molecular weight excluding hydrogens is 196 g/mol. The smallest absolute Gasteiger partial charge is 0.159 e. The topological polar surface area (TPSA) is 12.9 Å². The molecule has 0 atom stereocenters. The van der Waals surface area contributed by atoms with Crippen LogP contribution in [0.1, 0.15) is 5.69 Å². The van der Waals surface area contributed by atoms with Crippen LogP contribution in [0.15, 0.2) is 36.5 Å². The number of nitrogens with zero attached hydrogens (tertiary/aromatic N) is 1. The van der Waals surface area contributed by atoms with Crippen LogP contribution in [-0.4, -0.2) is 4.98 Å². The number of benzene rings is 1. The first kappa shape index (κ1) is 9.77. The SMILES string of the molecule is Cc1cc(-c2ccc(F)c(F)c2)ccn1. The number of pyridine rings is 1. The van der Waals surface area contributed by atoms with Crippen molar-refractivity contribution < 1.29 is 8.78 Å². The van der Waals surface area contributed by atoms with E-state index in [0.717, 1.165) is 17.3 Å². The van der Waals surface area contributed by atoms with Gasteiger partial charge in [0.25, 0.3) is 0 Å². The van der Waals surface area contributed by atoms with Gasteiger partial charge in [-0.3, -0.25) is 4.98 Å². The minimum atomic E-state index is -0.832. The highest BCUT2D eigenvalue weighted by atomic mass is 19.2. The van der Waals surface area contributed by atoms with Gasteiger partial charge < -0.3 is 0 Å². The molecule has 15 heavy (non-hydrogen) atoms. The molecule has 0 aliphatic heterocycles. The van der Waals surface area contributed by atoms with Crippen molar-refractivity contribution in [1.29, 1.82) is 0 Å². The van der Waals surface area contributed by atoms with E-state index in [4.69, 9.17) is 0 Å². The van der Waals surface area contributed by atoms with Crippen LogP contribution < -0.4 is 0 Å². The second-order valence-corrected chi connectivity index (χ2v) is 3.31. The van der Waals surface area contributed by atoms with Crippen molar-refractivity contribution in [2.75, 3.05) is 0 Å². The molecule has 0 saturated heterocycles. The Kier molecular flexibility index (Phi) is 2.46. The molecule has 1 aromatic heterocycles. The molecule has 1 heterocycles. The van der Waals surface area contributed by atoms with E-state index in [2.05, 4.69) is 4.98 Å². The molecule has 0 N–H and O–H groups in total. The van der Waals surface area contributed by atoms with Crippen molar-refractivity contribution in [2.24, 2.45) is 0 Å². The minimum Gasteiger partial charge on any atom is -0.262 e. The molecule has 2 aromatic rings. The maximum Gasteiger partial charge on any atom is 0.159 e. The van der Waals surface area contributed by atoms with Crippen molar-refractivity contribution in [2.45, 2.75) is 6.92 Å². The Balaban J connectivity index is 2.50. The lowest BCUT2D eigenvalue weighted by molar-refractivity contribution is 0.509. The standard InChI is InChI=1S/C12H9F2N/c1-8-6-10(4-5-15-8)9-2-3-11(13)12(14)7-9/h2-7H,1H3. The third-order valence-electron chi connectivity index (χ3n) is 2.15. The highest BCUT2D eigenvalue weighted by Gasteiger charge is 2.04. The van der Waals surface area contributed by atoms with Crippen molar-refractivity contribution in [3.63, 3.8) is 0 Å². The second-order valence-electron chi connectivity index (χ2n) is 3.31. The molecule has 2 rings (SSSR count). The van der Waals surface area contributed by atoms with Gasteiger partial charge in [0.1, 0.15) is 0 Å². The van der Waals surface area contributed by atoms with E-state index in [0.29, 0.717) is 5.56 Å². The van der Waals surface area contributed by atoms with Crippen LogP contribution in [0.25, 0.3) is 11.1 Å². The highest BCUT2D eigenvalue weighted by Crippen LogP contribution is 2.21. The minimum absolute atomic E-state index is 0.652. The van der Waals surface area contributed by atoms with Gasteiger partial charge in [0.05, 0.1) is 0 Å². The molecule has 0 aliphatic carbocycles. The Morgan fingerprint density at radius 1 is 0.933 bits per heavy atom. The Bertz CT molecular complexity index is 495. The fourth-order valence-corrected chi connectivity index (χ4v) is 1.40. The van der Waals surface area contributed by atoms with E-state index in [-0.39, 0.29) is 0 Å². The summed E-state index contributed by atoms with van der Waals surface area (Å²) in [6, 6.07) is 7.45. The van der Waals surface area contributed by atoms with E-state index < -0.39 is 11.6 Å². The third kappa shape index (κ3) is 2.01. The quantitative estimate of drug-likeness (QED) is 0.695. The van der Waals surface area contributed by atoms with Gasteiger partial charge in [0.15, 0.2) is 11.6 Å². The van der Waals surface area contributed by atoms with Crippen LogP contribution in [0.2, 0.25) is 0 Å². The van der Waals surface area contributed by atoms with Crippen molar-refractivity contribution >= 4 is 0 Å². The summed E-state index contributed by atoms with van der Waals surface area (Å²) in [7, 11) is 0. The van der Waals surface area contributed by atoms with E-state index in [9.17, 15) is 8.78 Å². The van der Waals surface area contributed by atoms with Gasteiger partial charge in [-0.2, -0.15) is 0 Å². The second kappa shape index (κ2) is 3.77. The molecule has 3 heteroatoms. The summed E-state index contributed by atoms with van der Waals surface area (Å²) < 4.78 is 25.7. The Labute approximate surface area is 86.4 Å². The number of hydrogen-bond acceptors (Lipinski definition) is 1. The molecule has 0 radical (unpaired) electrons. The molecule has 0 aliphatic rings. The maximum atomic E-state index is 13.0. The van der Waals surface area contributed by atoms with E-state index in [1.54, 1.807) is 18.3 Å². The molecule has 76 valence electrons. The number of aryl methyl sites for hydroxylation is 1. The first-order valence-corrected chi connectivity index (χ1v) is 4.55. The fraction of sp³-hybridized carbons (Fsp3) is 0.0833. The molecule has 0 amide bonds. The molecule has 0 bridgehead atoms. The van der Waals surface area contributed by atoms with E-state index in [1.165, 1.54) is 6.07 Å². The monoisotopic (exact) mass is 205 g/mol. The predicted octanol–water partition coefficient (Wildman–Crippen LogP) is 3.34. The summed E-state index contributed by atoms with van der Waals surface area (Å²) in [5, 5.41) is 0. The summed E-state index contributed by atoms with van der Waals surface area (Å²) in [5.41, 5.74) is 2.33. The van der Waals surface area contributed by atoms with Gasteiger partial charge in [-0.15, -0.1) is 0 Å². The lowest BCUT2D eigenvalue weighted by atomic mass is 10.1. The Morgan fingerprint density at radius 3 is 2.33 bits per heavy atom. The normalized spacial score (nSPS) is 10.3. The number of halogens is 2. The summed E-state index contributed by atoms with van der Waals surface area (Å²) in [6.45, 7) is 1.85. The highest BCUT2D eigenvalue weighted by molar-refractivity contribution is 5.63. The first-order valence-electron chi connectivity index (χ1n) is 4.55. The molecule has 0 fully saturated rings. The zero-order valence-corrected chi connectivity index (χ0v) is 8.17. The van der Waals surface area contributed by atoms with Crippen LogP contribution in [0, 0.1) is 18.6 Å². The van der Waals surface area contributed by atoms with E-state index in [1.807, 2.05) is 13.0 Å². The van der Waals surface area contributed by atoms with Crippen LogP contribution in [0.3, 0.4) is 0 Å². The predicted molar refractivity (Wildman–Crippen MR) is 54.3 cm³/mol. The van der Waals surface area contributed by atoms with Gasteiger partial charge in [0.2, 0.25) is 0 Å². The van der Waals surface area contributed by atoms with Gasteiger partial charge in [0, 0.05) is 11.9 Å². The van der Waals surface area contributed by atoms with E-state index >= 15 is 0 Å². The summed E-state index contributed by atoms with van der Waals surface area (Å²) in [4.78, 5) is 4.04. The number of hydrogen-bond donors (Lipinski definition) is 0. The summed E-state index contributed by atoms with van der Waals surface area (Å²) in [5.74, 6) is -1.66. The maximum absolute atomic E-state index is 13.0. The Hall–Kier alpha value is -1.77. The van der Waals surface area contributed by atoms with Crippen LogP contribution in [0.4, 0.5) is 8.78 Å². The van der Waals surface area contributed by atoms with Gasteiger partial charge >= 0.3 is 0 Å². The van der Waals surface area contributed by atoms with Crippen molar-refractivity contribution in [3.8, 4) is 11.1 Å². The van der Waals surface area contributed by atoms with Crippen LogP contribution >= 0.6 is 0 Å². The summed E-state index contributed by atoms with van der Waals surface area (Å²) in [6.07, 6.45) is 1.64. The largest absolute Gasteiger partial charge is 0.262 e. The average molecular weight is 205 g/mol. The van der Waals surface area contributed by atoms with Gasteiger partial charge in [-0.05, 0) is 42.3 Å². The Morgan fingerprint density at radius 2 is 1.67 bits per heavy atom. The molecule has 0 unspecified atom stereocenters.